The number of morpholine rings is 1. The summed E-state index contributed by atoms with van der Waals surface area (Å²) in [6, 6.07) is 1.72. The van der Waals surface area contributed by atoms with Crippen LogP contribution in [0.4, 0.5) is 14.6 Å². The van der Waals surface area contributed by atoms with E-state index in [1.165, 1.54) is 4.68 Å². The van der Waals surface area contributed by atoms with Crippen LogP contribution in [0.2, 0.25) is 0 Å². The minimum atomic E-state index is -2.73. The molecule has 8 nitrogen and oxygen atoms in total. The molecule has 1 saturated heterocycles. The zero-order valence-electron chi connectivity index (χ0n) is 15.4. The fraction of sp³-hybridized carbons (Fsp3) is 0.611. The second-order valence-corrected chi connectivity index (χ2v) is 7.22. The standard InChI is InChI=1S/C18H23F2N5O3/c19-17(20)16-14(25-15(5-6-21-25)23-7-9-28-10-8-23)11-24(22-16)13-3-1-12(2-4-13)18(26)27/h5-6,11-13,17H,1-4,7-10H2,(H,26,27)/t12-,13-. The molecule has 152 valence electrons. The number of ether oxygens (including phenoxy) is 1. The second-order valence-electron chi connectivity index (χ2n) is 7.22. The Labute approximate surface area is 160 Å². The molecule has 0 aromatic carbocycles. The van der Waals surface area contributed by atoms with Crippen molar-refractivity contribution in [3.63, 3.8) is 0 Å². The Kier molecular flexibility index (Phi) is 5.29. The summed E-state index contributed by atoms with van der Waals surface area (Å²) in [6.45, 7) is 2.50. The Hall–Kier alpha value is -2.49. The van der Waals surface area contributed by atoms with Crippen LogP contribution in [0.3, 0.4) is 0 Å². The first kappa shape index (κ1) is 18.9. The molecule has 1 aliphatic carbocycles. The molecule has 0 bridgehead atoms. The van der Waals surface area contributed by atoms with Gasteiger partial charge in [-0.25, -0.2) is 13.5 Å². The van der Waals surface area contributed by atoms with Gasteiger partial charge in [-0.15, -0.1) is 0 Å². The first-order valence-electron chi connectivity index (χ1n) is 9.51. The van der Waals surface area contributed by atoms with E-state index in [0.717, 1.165) is 5.82 Å². The summed E-state index contributed by atoms with van der Waals surface area (Å²) in [5.41, 5.74) is -0.0413. The van der Waals surface area contributed by atoms with Crippen molar-refractivity contribution in [3.8, 4) is 5.69 Å². The molecule has 2 aliphatic rings. The summed E-state index contributed by atoms with van der Waals surface area (Å²) in [6.07, 6.45) is 2.75. The van der Waals surface area contributed by atoms with Gasteiger partial charge in [-0.2, -0.15) is 10.2 Å². The summed E-state index contributed by atoms with van der Waals surface area (Å²) in [5, 5.41) is 17.6. The Bertz CT molecular complexity index is 823. The Morgan fingerprint density at radius 1 is 1.21 bits per heavy atom. The highest BCUT2D eigenvalue weighted by molar-refractivity contribution is 5.70. The van der Waals surface area contributed by atoms with Gasteiger partial charge in [0, 0.05) is 19.2 Å². The summed E-state index contributed by atoms with van der Waals surface area (Å²) in [5.74, 6) is -0.418. The number of carboxylic acid groups (broad SMARTS) is 1. The molecule has 1 aliphatic heterocycles. The van der Waals surface area contributed by atoms with Gasteiger partial charge >= 0.3 is 5.97 Å². The molecule has 0 spiro atoms. The zero-order chi connectivity index (χ0) is 19.7. The normalized spacial score (nSPS) is 23.3. The molecule has 2 aromatic heterocycles. The number of aromatic nitrogens is 4. The van der Waals surface area contributed by atoms with Crippen molar-refractivity contribution in [2.45, 2.75) is 38.2 Å². The minimum absolute atomic E-state index is 0.0794. The molecule has 0 atom stereocenters. The topological polar surface area (TPSA) is 85.4 Å². The number of hydrogen-bond acceptors (Lipinski definition) is 5. The van der Waals surface area contributed by atoms with Crippen molar-refractivity contribution in [2.24, 2.45) is 5.92 Å². The van der Waals surface area contributed by atoms with Crippen LogP contribution in [-0.2, 0) is 9.53 Å². The smallest absolute Gasteiger partial charge is 0.306 e. The first-order valence-corrected chi connectivity index (χ1v) is 9.51. The third-order valence-electron chi connectivity index (χ3n) is 5.55. The highest BCUT2D eigenvalue weighted by atomic mass is 19.3. The van der Waals surface area contributed by atoms with Crippen molar-refractivity contribution in [3.05, 3.63) is 24.2 Å². The van der Waals surface area contributed by atoms with Crippen LogP contribution in [0, 0.1) is 5.92 Å². The number of aliphatic carboxylic acids is 1. The lowest BCUT2D eigenvalue weighted by atomic mass is 9.86. The molecule has 1 N–H and O–H groups in total. The van der Waals surface area contributed by atoms with Gasteiger partial charge < -0.3 is 14.7 Å². The quantitative estimate of drug-likeness (QED) is 0.838. The van der Waals surface area contributed by atoms with Crippen molar-refractivity contribution < 1.29 is 23.4 Å². The van der Waals surface area contributed by atoms with E-state index in [-0.39, 0.29) is 23.3 Å². The average molecular weight is 395 g/mol. The van der Waals surface area contributed by atoms with E-state index in [9.17, 15) is 13.6 Å². The summed E-state index contributed by atoms with van der Waals surface area (Å²) in [4.78, 5) is 13.2. The van der Waals surface area contributed by atoms with Gasteiger partial charge in [0.1, 0.15) is 11.5 Å². The lowest BCUT2D eigenvalue weighted by molar-refractivity contribution is -0.143. The van der Waals surface area contributed by atoms with Gasteiger partial charge in [-0.3, -0.25) is 9.48 Å². The van der Waals surface area contributed by atoms with Crippen LogP contribution in [0.1, 0.15) is 43.8 Å². The molecule has 2 aromatic rings. The lowest BCUT2D eigenvalue weighted by Gasteiger charge is -2.28. The zero-order valence-corrected chi connectivity index (χ0v) is 15.4. The summed E-state index contributed by atoms with van der Waals surface area (Å²) >= 11 is 0. The van der Waals surface area contributed by atoms with Gasteiger partial charge in [0.15, 0.2) is 5.69 Å². The van der Waals surface area contributed by atoms with Crippen LogP contribution < -0.4 is 4.90 Å². The fourth-order valence-corrected chi connectivity index (χ4v) is 4.00. The van der Waals surface area contributed by atoms with Gasteiger partial charge in [0.25, 0.3) is 6.43 Å². The Balaban J connectivity index is 1.62. The van der Waals surface area contributed by atoms with E-state index in [1.54, 1.807) is 23.1 Å². The maximum absolute atomic E-state index is 13.7. The predicted octanol–water partition coefficient (Wildman–Crippen LogP) is 2.66. The number of alkyl halides is 2. The van der Waals surface area contributed by atoms with Gasteiger partial charge in [-0.1, -0.05) is 0 Å². The van der Waals surface area contributed by atoms with Crippen molar-refractivity contribution in [1.82, 2.24) is 19.6 Å². The molecule has 28 heavy (non-hydrogen) atoms. The minimum Gasteiger partial charge on any atom is -0.481 e. The molecule has 0 unspecified atom stereocenters. The van der Waals surface area contributed by atoms with Crippen molar-refractivity contribution in [1.29, 1.82) is 0 Å². The second kappa shape index (κ2) is 7.86. The van der Waals surface area contributed by atoms with Gasteiger partial charge in [-0.05, 0) is 25.7 Å². The number of carboxylic acids is 1. The lowest BCUT2D eigenvalue weighted by Crippen LogP contribution is -2.37. The molecule has 10 heteroatoms. The Morgan fingerprint density at radius 2 is 1.93 bits per heavy atom. The van der Waals surface area contributed by atoms with Gasteiger partial charge in [0.05, 0.1) is 37.6 Å². The number of carbonyl (C=O) groups is 1. The highest BCUT2D eigenvalue weighted by Crippen LogP contribution is 2.35. The largest absolute Gasteiger partial charge is 0.481 e. The van der Waals surface area contributed by atoms with E-state index in [4.69, 9.17) is 9.84 Å². The summed E-state index contributed by atoms with van der Waals surface area (Å²) < 4.78 is 35.9. The van der Waals surface area contributed by atoms with Crippen molar-refractivity contribution in [2.75, 3.05) is 31.2 Å². The molecule has 0 amide bonds. The molecular weight excluding hydrogens is 372 g/mol. The first-order chi connectivity index (χ1) is 13.5. The van der Waals surface area contributed by atoms with Crippen LogP contribution in [0.15, 0.2) is 18.5 Å². The number of nitrogens with zero attached hydrogens (tertiary/aromatic N) is 5. The van der Waals surface area contributed by atoms with E-state index in [1.807, 2.05) is 0 Å². The molecule has 0 radical (unpaired) electrons. The fourth-order valence-electron chi connectivity index (χ4n) is 4.00. The number of hydrogen-bond donors (Lipinski definition) is 1. The number of anilines is 1. The maximum Gasteiger partial charge on any atom is 0.306 e. The van der Waals surface area contributed by atoms with Crippen LogP contribution >= 0.6 is 0 Å². The predicted molar refractivity (Wildman–Crippen MR) is 96.0 cm³/mol. The van der Waals surface area contributed by atoms with Crippen molar-refractivity contribution >= 4 is 11.8 Å². The molecule has 3 heterocycles. The van der Waals surface area contributed by atoms with Crippen LogP contribution in [0.5, 0.6) is 0 Å². The average Bonchev–Trinajstić information content (AvgIpc) is 3.36. The number of halogens is 2. The molecule has 2 fully saturated rings. The number of rotatable bonds is 5. The van der Waals surface area contributed by atoms with E-state index < -0.39 is 12.4 Å². The van der Waals surface area contributed by atoms with E-state index in [0.29, 0.717) is 52.0 Å². The monoisotopic (exact) mass is 395 g/mol. The van der Waals surface area contributed by atoms with Gasteiger partial charge in [0.2, 0.25) is 0 Å². The van der Waals surface area contributed by atoms with E-state index in [2.05, 4.69) is 15.1 Å². The third kappa shape index (κ3) is 3.60. The highest BCUT2D eigenvalue weighted by Gasteiger charge is 2.30. The SMILES string of the molecule is O=C(O)[C@H]1CC[C@H](n2cc(-n3nccc3N3CCOCC3)c(C(F)F)n2)CC1. The molecular formula is C18H23F2N5O3. The third-order valence-corrected chi connectivity index (χ3v) is 5.55. The van der Waals surface area contributed by atoms with E-state index >= 15 is 0 Å². The molecule has 1 saturated carbocycles. The van der Waals surface area contributed by atoms with Crippen LogP contribution in [0.25, 0.3) is 5.69 Å². The maximum atomic E-state index is 13.7. The van der Waals surface area contributed by atoms with Crippen LogP contribution in [-0.4, -0.2) is 56.9 Å². The molecule has 4 rings (SSSR count). The summed E-state index contributed by atoms with van der Waals surface area (Å²) in [7, 11) is 0. The Morgan fingerprint density at radius 3 is 2.57 bits per heavy atom.